The van der Waals surface area contributed by atoms with Crippen molar-refractivity contribution in [3.8, 4) is 0 Å². The SMILES string of the molecule is CC(C)OC(=O)NS(=O)(=O)NC(C)C(N)=S. The lowest BCUT2D eigenvalue weighted by Crippen LogP contribution is -2.48. The highest BCUT2D eigenvalue weighted by Gasteiger charge is 2.19. The summed E-state index contributed by atoms with van der Waals surface area (Å²) in [6.07, 6.45) is -1.47. The van der Waals surface area contributed by atoms with Crippen LogP contribution in [-0.2, 0) is 14.9 Å². The van der Waals surface area contributed by atoms with Gasteiger partial charge in [-0.3, -0.25) is 0 Å². The summed E-state index contributed by atoms with van der Waals surface area (Å²) in [5.41, 5.74) is 5.22. The van der Waals surface area contributed by atoms with Gasteiger partial charge in [0.15, 0.2) is 0 Å². The van der Waals surface area contributed by atoms with Gasteiger partial charge in [-0.05, 0) is 20.8 Å². The molecule has 0 aliphatic heterocycles. The average molecular weight is 269 g/mol. The Morgan fingerprint density at radius 2 is 1.88 bits per heavy atom. The Morgan fingerprint density at radius 1 is 1.38 bits per heavy atom. The van der Waals surface area contributed by atoms with Crippen LogP contribution in [0.15, 0.2) is 0 Å². The number of thiocarbonyl (C=S) groups is 1. The molecule has 94 valence electrons. The van der Waals surface area contributed by atoms with Crippen LogP contribution in [0, 0.1) is 0 Å². The number of ether oxygens (including phenoxy) is 1. The second-order valence-electron chi connectivity index (χ2n) is 3.30. The first kappa shape index (κ1) is 15.1. The van der Waals surface area contributed by atoms with E-state index in [-0.39, 0.29) is 4.99 Å². The molecule has 0 aliphatic rings. The number of nitrogens with one attached hydrogen (secondary N) is 2. The van der Waals surface area contributed by atoms with E-state index in [4.69, 9.17) is 5.73 Å². The highest BCUT2D eigenvalue weighted by Crippen LogP contribution is 1.91. The molecule has 1 amide bonds. The lowest BCUT2D eigenvalue weighted by Gasteiger charge is -2.14. The van der Waals surface area contributed by atoms with Crippen molar-refractivity contribution in [2.24, 2.45) is 5.73 Å². The smallest absolute Gasteiger partial charge is 0.422 e. The van der Waals surface area contributed by atoms with Crippen LogP contribution in [0.5, 0.6) is 0 Å². The highest BCUT2D eigenvalue weighted by atomic mass is 32.2. The summed E-state index contributed by atoms with van der Waals surface area (Å²) in [5.74, 6) is 0. The normalized spacial score (nSPS) is 13.2. The van der Waals surface area contributed by atoms with Crippen LogP contribution in [0.4, 0.5) is 4.79 Å². The monoisotopic (exact) mass is 269 g/mol. The Balaban J connectivity index is 4.36. The van der Waals surface area contributed by atoms with Gasteiger partial charge in [0, 0.05) is 0 Å². The first-order valence-corrected chi connectivity index (χ1v) is 6.33. The molecule has 0 aromatic rings. The third-order valence-electron chi connectivity index (χ3n) is 1.32. The van der Waals surface area contributed by atoms with Gasteiger partial charge in [0.1, 0.15) is 0 Å². The summed E-state index contributed by atoms with van der Waals surface area (Å²) in [6.45, 7) is 4.64. The maximum absolute atomic E-state index is 11.3. The van der Waals surface area contributed by atoms with Gasteiger partial charge < -0.3 is 10.5 Å². The number of amides is 1. The summed E-state index contributed by atoms with van der Waals surface area (Å²) >= 11 is 4.58. The van der Waals surface area contributed by atoms with E-state index in [1.807, 2.05) is 0 Å². The molecule has 4 N–H and O–H groups in total. The van der Waals surface area contributed by atoms with Crippen LogP contribution in [-0.4, -0.2) is 31.6 Å². The first-order chi connectivity index (χ1) is 7.14. The Labute approximate surface area is 99.9 Å². The molecule has 0 heterocycles. The van der Waals surface area contributed by atoms with E-state index in [2.05, 4.69) is 21.7 Å². The summed E-state index contributed by atoms with van der Waals surface area (Å²) in [6, 6.07) is -0.751. The minimum atomic E-state index is -4.01. The summed E-state index contributed by atoms with van der Waals surface area (Å²) < 4.78 is 30.9. The quantitative estimate of drug-likeness (QED) is 0.587. The lowest BCUT2D eigenvalue weighted by molar-refractivity contribution is 0.121. The van der Waals surface area contributed by atoms with Crippen molar-refractivity contribution in [2.75, 3.05) is 0 Å². The fourth-order valence-corrected chi connectivity index (χ4v) is 1.72. The minimum Gasteiger partial charge on any atom is -0.446 e. The van der Waals surface area contributed by atoms with Crippen molar-refractivity contribution in [2.45, 2.75) is 32.9 Å². The van der Waals surface area contributed by atoms with Crippen molar-refractivity contribution in [3.63, 3.8) is 0 Å². The maximum Gasteiger partial charge on any atom is 0.422 e. The van der Waals surface area contributed by atoms with Crippen LogP contribution < -0.4 is 15.2 Å². The molecule has 7 nitrogen and oxygen atoms in total. The van der Waals surface area contributed by atoms with Crippen molar-refractivity contribution in [1.82, 2.24) is 9.44 Å². The van der Waals surface area contributed by atoms with Crippen molar-refractivity contribution < 1.29 is 17.9 Å². The van der Waals surface area contributed by atoms with Gasteiger partial charge in [-0.15, -0.1) is 0 Å². The molecule has 0 radical (unpaired) electrons. The number of carbonyl (C=O) groups is 1. The Kier molecular flexibility index (Phi) is 5.62. The second-order valence-corrected chi connectivity index (χ2v) is 5.22. The summed E-state index contributed by atoms with van der Waals surface area (Å²) in [5, 5.41) is 0. The van der Waals surface area contributed by atoms with Crippen LogP contribution in [0.2, 0.25) is 0 Å². The van der Waals surface area contributed by atoms with E-state index in [1.165, 1.54) is 6.92 Å². The van der Waals surface area contributed by atoms with Gasteiger partial charge in [-0.1, -0.05) is 12.2 Å². The number of hydrogen-bond donors (Lipinski definition) is 3. The molecule has 0 saturated heterocycles. The molecule has 0 aliphatic carbocycles. The molecule has 9 heteroatoms. The molecule has 0 saturated carbocycles. The third kappa shape index (κ3) is 6.53. The van der Waals surface area contributed by atoms with Crippen LogP contribution in [0.3, 0.4) is 0 Å². The summed E-state index contributed by atoms with van der Waals surface area (Å²) in [4.78, 5) is 11.0. The van der Waals surface area contributed by atoms with Gasteiger partial charge in [0.2, 0.25) is 0 Å². The molecular formula is C7H15N3O4S2. The predicted octanol–water partition coefficient (Wildman–Crippen LogP) is -0.370. The van der Waals surface area contributed by atoms with E-state index < -0.39 is 28.4 Å². The van der Waals surface area contributed by atoms with Crippen LogP contribution in [0.1, 0.15) is 20.8 Å². The Hall–Kier alpha value is -0.930. The van der Waals surface area contributed by atoms with E-state index >= 15 is 0 Å². The maximum atomic E-state index is 11.3. The molecule has 1 unspecified atom stereocenters. The zero-order valence-electron chi connectivity index (χ0n) is 9.18. The number of hydrogen-bond acceptors (Lipinski definition) is 5. The number of nitrogens with two attached hydrogens (primary N) is 1. The molecule has 16 heavy (non-hydrogen) atoms. The van der Waals surface area contributed by atoms with E-state index in [0.29, 0.717) is 0 Å². The Bertz CT molecular complexity index is 366. The third-order valence-corrected chi connectivity index (χ3v) is 2.77. The van der Waals surface area contributed by atoms with E-state index in [0.717, 1.165) is 0 Å². The fourth-order valence-electron chi connectivity index (χ4n) is 0.668. The van der Waals surface area contributed by atoms with Crippen molar-refractivity contribution >= 4 is 33.5 Å². The van der Waals surface area contributed by atoms with Gasteiger partial charge >= 0.3 is 16.3 Å². The van der Waals surface area contributed by atoms with Gasteiger partial charge in [-0.25, -0.2) is 9.52 Å². The molecular weight excluding hydrogens is 254 g/mol. The fraction of sp³-hybridized carbons (Fsp3) is 0.714. The molecule has 0 rings (SSSR count). The number of carbonyl (C=O) groups excluding carboxylic acids is 1. The zero-order valence-corrected chi connectivity index (χ0v) is 10.8. The van der Waals surface area contributed by atoms with Gasteiger partial charge in [0.25, 0.3) is 0 Å². The second kappa shape index (κ2) is 5.97. The lowest BCUT2D eigenvalue weighted by atomic mass is 10.4. The standard InChI is InChI=1S/C7H15N3O4S2/c1-4(2)14-7(11)10-16(12,13)9-5(3)6(8)15/h4-5,9H,1-3H3,(H2,8,15)(H,10,11). The minimum absolute atomic E-state index is 0.0254. The topological polar surface area (TPSA) is 111 Å². The molecule has 1 atom stereocenters. The number of rotatable bonds is 5. The largest absolute Gasteiger partial charge is 0.446 e. The van der Waals surface area contributed by atoms with Gasteiger partial charge in [0.05, 0.1) is 17.1 Å². The van der Waals surface area contributed by atoms with Crippen LogP contribution in [0.25, 0.3) is 0 Å². The molecule has 0 aromatic heterocycles. The molecule has 0 spiro atoms. The van der Waals surface area contributed by atoms with Crippen molar-refractivity contribution in [3.05, 3.63) is 0 Å². The van der Waals surface area contributed by atoms with Crippen molar-refractivity contribution in [1.29, 1.82) is 0 Å². The average Bonchev–Trinajstić information content (AvgIpc) is 1.98. The highest BCUT2D eigenvalue weighted by molar-refractivity contribution is 7.88. The van der Waals surface area contributed by atoms with Gasteiger partial charge in [-0.2, -0.15) is 13.1 Å². The first-order valence-electron chi connectivity index (χ1n) is 4.44. The summed E-state index contributed by atoms with van der Waals surface area (Å²) in [7, 11) is -4.01. The van der Waals surface area contributed by atoms with E-state index in [9.17, 15) is 13.2 Å². The Morgan fingerprint density at radius 3 is 2.25 bits per heavy atom. The van der Waals surface area contributed by atoms with E-state index in [1.54, 1.807) is 18.6 Å². The van der Waals surface area contributed by atoms with Crippen LogP contribution >= 0.6 is 12.2 Å². The molecule has 0 fully saturated rings. The molecule has 0 aromatic carbocycles. The molecule has 0 bridgehead atoms. The zero-order chi connectivity index (χ0) is 12.9. The predicted molar refractivity (Wildman–Crippen MR) is 63.1 cm³/mol.